The molecule has 1 atom stereocenters. The molecule has 0 spiro atoms. The van der Waals surface area contributed by atoms with Gasteiger partial charge in [-0.15, -0.1) is 0 Å². The minimum atomic E-state index is 0.216. The zero-order valence-corrected chi connectivity index (χ0v) is 8.09. The molecular formula is C10H12ClNO. The molecule has 2 nitrogen and oxygen atoms in total. The van der Waals surface area contributed by atoms with Crippen LogP contribution in [-0.4, -0.2) is 16.7 Å². The quantitative estimate of drug-likeness (QED) is 0.700. The molecule has 0 fully saturated rings. The molecule has 1 aliphatic rings. The first-order valence-corrected chi connectivity index (χ1v) is 4.95. The average Bonchev–Trinajstić information content (AvgIpc) is 2.18. The summed E-state index contributed by atoms with van der Waals surface area (Å²) in [5.74, 6) is 0.268. The van der Waals surface area contributed by atoms with Gasteiger partial charge in [-0.1, -0.05) is 11.6 Å². The molecule has 0 saturated carbocycles. The Morgan fingerprint density at radius 1 is 1.62 bits per heavy atom. The van der Waals surface area contributed by atoms with Gasteiger partial charge in [0, 0.05) is 18.7 Å². The summed E-state index contributed by atoms with van der Waals surface area (Å²) < 4.78 is 0. The second-order valence-corrected chi connectivity index (χ2v) is 3.80. The summed E-state index contributed by atoms with van der Waals surface area (Å²) in [5.41, 5.74) is 2.32. The molecule has 0 radical (unpaired) electrons. The number of nitrogens with zero attached hydrogens (tertiary/aromatic N) is 1. The Hall–Kier alpha value is -0.600. The molecule has 13 heavy (non-hydrogen) atoms. The molecule has 1 N–H and O–H groups in total. The summed E-state index contributed by atoms with van der Waals surface area (Å²) in [7, 11) is 0. The molecule has 0 amide bonds. The summed E-state index contributed by atoms with van der Waals surface area (Å²) in [6.45, 7) is 0.216. The number of aliphatic hydroxyl groups excluding tert-OH is 1. The highest BCUT2D eigenvalue weighted by atomic mass is 35.5. The summed E-state index contributed by atoms with van der Waals surface area (Å²) >= 11 is 5.97. The van der Waals surface area contributed by atoms with Crippen LogP contribution < -0.4 is 0 Å². The first-order valence-electron chi connectivity index (χ1n) is 4.57. The Kier molecular flexibility index (Phi) is 2.51. The van der Waals surface area contributed by atoms with E-state index in [-0.39, 0.29) is 12.5 Å². The predicted molar refractivity (Wildman–Crippen MR) is 52.0 cm³/mol. The van der Waals surface area contributed by atoms with Gasteiger partial charge in [-0.05, 0) is 36.5 Å². The van der Waals surface area contributed by atoms with Crippen molar-refractivity contribution in [2.45, 2.75) is 25.2 Å². The van der Waals surface area contributed by atoms with Gasteiger partial charge in [0.05, 0.1) is 0 Å². The van der Waals surface area contributed by atoms with Crippen molar-refractivity contribution in [2.24, 2.45) is 0 Å². The van der Waals surface area contributed by atoms with Crippen LogP contribution in [0.5, 0.6) is 0 Å². The summed E-state index contributed by atoms with van der Waals surface area (Å²) in [4.78, 5) is 4.04. The summed E-state index contributed by atoms with van der Waals surface area (Å²) in [5, 5.41) is 9.77. The van der Waals surface area contributed by atoms with Crippen molar-refractivity contribution in [3.8, 4) is 0 Å². The molecule has 0 bridgehead atoms. The molecule has 1 aromatic heterocycles. The van der Waals surface area contributed by atoms with E-state index in [1.54, 1.807) is 6.20 Å². The zero-order chi connectivity index (χ0) is 9.26. The third-order valence-corrected chi connectivity index (χ3v) is 3.00. The number of fused-ring (bicyclic) bond motifs is 1. The van der Waals surface area contributed by atoms with Gasteiger partial charge < -0.3 is 5.11 Å². The van der Waals surface area contributed by atoms with Gasteiger partial charge in [-0.25, -0.2) is 4.98 Å². The first kappa shape index (κ1) is 8.97. The maximum atomic E-state index is 9.17. The number of rotatable bonds is 1. The Balaban J connectivity index is 2.45. The topological polar surface area (TPSA) is 33.1 Å². The molecule has 2 rings (SSSR count). The van der Waals surface area contributed by atoms with Gasteiger partial charge in [0.25, 0.3) is 0 Å². The van der Waals surface area contributed by atoms with Crippen LogP contribution in [-0.2, 0) is 6.42 Å². The lowest BCUT2D eigenvalue weighted by molar-refractivity contribution is 0.253. The summed E-state index contributed by atoms with van der Waals surface area (Å²) in [6, 6.07) is 1.97. The molecule has 70 valence electrons. The van der Waals surface area contributed by atoms with Gasteiger partial charge >= 0.3 is 0 Å². The number of aliphatic hydroxyl groups is 1. The lowest BCUT2D eigenvalue weighted by atomic mass is 9.84. The van der Waals surface area contributed by atoms with E-state index in [1.165, 1.54) is 5.56 Å². The zero-order valence-electron chi connectivity index (χ0n) is 7.33. The molecule has 0 aromatic carbocycles. The molecule has 0 aliphatic heterocycles. The molecule has 1 heterocycles. The SMILES string of the molecule is OCC1CCCc2c1ccnc2Cl. The molecule has 0 saturated heterocycles. The van der Waals surface area contributed by atoms with E-state index in [9.17, 15) is 0 Å². The van der Waals surface area contributed by atoms with Crippen molar-refractivity contribution in [1.82, 2.24) is 4.98 Å². The smallest absolute Gasteiger partial charge is 0.132 e. The van der Waals surface area contributed by atoms with E-state index in [2.05, 4.69) is 4.98 Å². The maximum Gasteiger partial charge on any atom is 0.132 e. The van der Waals surface area contributed by atoms with Crippen LogP contribution in [0.15, 0.2) is 12.3 Å². The van der Waals surface area contributed by atoms with Crippen LogP contribution in [0.4, 0.5) is 0 Å². The monoisotopic (exact) mass is 197 g/mol. The number of pyridine rings is 1. The number of halogens is 1. The van der Waals surface area contributed by atoms with E-state index in [4.69, 9.17) is 16.7 Å². The van der Waals surface area contributed by atoms with E-state index in [0.29, 0.717) is 5.15 Å². The highest BCUT2D eigenvalue weighted by molar-refractivity contribution is 6.30. The van der Waals surface area contributed by atoms with Gasteiger partial charge in [0.15, 0.2) is 0 Å². The highest BCUT2D eigenvalue weighted by Crippen LogP contribution is 2.33. The Morgan fingerprint density at radius 2 is 2.46 bits per heavy atom. The maximum absolute atomic E-state index is 9.17. The molecule has 1 unspecified atom stereocenters. The van der Waals surface area contributed by atoms with Crippen molar-refractivity contribution in [1.29, 1.82) is 0 Å². The minimum absolute atomic E-state index is 0.216. The van der Waals surface area contributed by atoms with Crippen LogP contribution >= 0.6 is 11.6 Å². The fourth-order valence-electron chi connectivity index (χ4n) is 1.98. The fraction of sp³-hybridized carbons (Fsp3) is 0.500. The number of hydrogen-bond acceptors (Lipinski definition) is 2. The van der Waals surface area contributed by atoms with Crippen molar-refractivity contribution in [2.75, 3.05) is 6.61 Å². The molecule has 3 heteroatoms. The minimum Gasteiger partial charge on any atom is -0.396 e. The first-order chi connectivity index (χ1) is 6.33. The molecular weight excluding hydrogens is 186 g/mol. The molecule has 1 aromatic rings. The van der Waals surface area contributed by atoms with Crippen LogP contribution in [0.1, 0.15) is 29.9 Å². The second-order valence-electron chi connectivity index (χ2n) is 3.44. The number of hydrogen-bond donors (Lipinski definition) is 1. The van der Waals surface area contributed by atoms with Crippen LogP contribution in [0.25, 0.3) is 0 Å². The third kappa shape index (κ3) is 1.56. The van der Waals surface area contributed by atoms with Crippen molar-refractivity contribution >= 4 is 11.6 Å². The fourth-order valence-corrected chi connectivity index (χ4v) is 2.24. The van der Waals surface area contributed by atoms with Crippen LogP contribution in [0, 0.1) is 0 Å². The van der Waals surface area contributed by atoms with E-state index < -0.39 is 0 Å². The van der Waals surface area contributed by atoms with Crippen LogP contribution in [0.3, 0.4) is 0 Å². The van der Waals surface area contributed by atoms with Crippen molar-refractivity contribution in [3.63, 3.8) is 0 Å². The Labute approximate surface area is 82.6 Å². The lowest BCUT2D eigenvalue weighted by Crippen LogP contribution is -2.13. The Bertz CT molecular complexity index is 314. The van der Waals surface area contributed by atoms with Gasteiger partial charge in [0.2, 0.25) is 0 Å². The van der Waals surface area contributed by atoms with Crippen molar-refractivity contribution in [3.05, 3.63) is 28.5 Å². The summed E-state index contributed by atoms with van der Waals surface area (Å²) in [6.07, 6.45) is 4.88. The predicted octanol–water partition coefficient (Wildman–Crippen LogP) is 2.15. The number of aromatic nitrogens is 1. The standard InChI is InChI=1S/C10H12ClNO/c11-10-9-3-1-2-7(6-13)8(9)4-5-12-10/h4-5,7,13H,1-3,6H2. The largest absolute Gasteiger partial charge is 0.396 e. The van der Waals surface area contributed by atoms with Gasteiger partial charge in [-0.2, -0.15) is 0 Å². The van der Waals surface area contributed by atoms with E-state index in [0.717, 1.165) is 24.8 Å². The normalized spacial score (nSPS) is 21.2. The molecule has 1 aliphatic carbocycles. The van der Waals surface area contributed by atoms with Gasteiger partial charge in [0.1, 0.15) is 5.15 Å². The van der Waals surface area contributed by atoms with Crippen LogP contribution in [0.2, 0.25) is 5.15 Å². The Morgan fingerprint density at radius 3 is 3.23 bits per heavy atom. The van der Waals surface area contributed by atoms with Gasteiger partial charge in [-0.3, -0.25) is 0 Å². The third-order valence-electron chi connectivity index (χ3n) is 2.68. The lowest BCUT2D eigenvalue weighted by Gasteiger charge is -2.23. The van der Waals surface area contributed by atoms with E-state index >= 15 is 0 Å². The highest BCUT2D eigenvalue weighted by Gasteiger charge is 2.21. The van der Waals surface area contributed by atoms with E-state index in [1.807, 2.05) is 6.07 Å². The van der Waals surface area contributed by atoms with Crippen molar-refractivity contribution < 1.29 is 5.11 Å². The second kappa shape index (κ2) is 3.64. The average molecular weight is 198 g/mol.